The first-order valence-electron chi connectivity index (χ1n) is 9.15. The molecule has 10 atom stereocenters. The first-order valence-corrected chi connectivity index (χ1v) is 9.15. The van der Waals surface area contributed by atoms with E-state index in [-0.39, 0.29) is 37.0 Å². The number of hydrogen-bond donors (Lipinski definition) is 9. The summed E-state index contributed by atoms with van der Waals surface area (Å²) in [6, 6.07) is -1.85. The van der Waals surface area contributed by atoms with E-state index in [0.29, 0.717) is 0 Å². The van der Waals surface area contributed by atoms with Crippen LogP contribution < -0.4 is 40.0 Å². The predicted molar refractivity (Wildman–Crippen MR) is 99.8 cm³/mol. The van der Waals surface area contributed by atoms with Crippen LogP contribution in [-0.2, 0) is 14.3 Å². The van der Waals surface area contributed by atoms with Crippen LogP contribution in [0.4, 0.5) is 13.2 Å². The Kier molecular flexibility index (Phi) is 19.5. The van der Waals surface area contributed by atoms with Gasteiger partial charge in [0.1, 0.15) is 36.6 Å². The van der Waals surface area contributed by atoms with E-state index in [1.165, 1.54) is 5.32 Å². The summed E-state index contributed by atoms with van der Waals surface area (Å²) in [4.78, 5) is 10.6. The summed E-state index contributed by atoms with van der Waals surface area (Å²) >= 11 is 0. The molecular formula is C17H33F3NNaO12. The fourth-order valence-electron chi connectivity index (χ4n) is 2.72. The number of carbonyl (C=O) groups is 1. The maximum Gasteiger partial charge on any atom is 1.00 e. The van der Waals surface area contributed by atoms with Gasteiger partial charge in [0.05, 0.1) is 19.3 Å². The van der Waals surface area contributed by atoms with Gasteiger partial charge in [0, 0.05) is 5.92 Å². The zero-order valence-corrected chi connectivity index (χ0v) is 20.0. The summed E-state index contributed by atoms with van der Waals surface area (Å²) in [7, 11) is 0.750. The van der Waals surface area contributed by atoms with Crippen molar-refractivity contribution in [3.05, 3.63) is 0 Å². The first kappa shape index (κ1) is 38.4. The molecule has 9 N–H and O–H groups in total. The zero-order valence-electron chi connectivity index (χ0n) is 18.0. The van der Waals surface area contributed by atoms with Crippen molar-refractivity contribution in [3.8, 4) is 0 Å². The number of rotatable bonds is 3. The number of hydrogen-bond acceptors (Lipinski definition) is 12. The molecule has 2 fully saturated rings. The number of ether oxygens (including phenoxy) is 2. The van der Waals surface area contributed by atoms with Crippen LogP contribution in [0.3, 0.4) is 0 Å². The fourth-order valence-corrected chi connectivity index (χ4v) is 2.72. The van der Waals surface area contributed by atoms with Gasteiger partial charge in [0.15, 0.2) is 12.6 Å². The van der Waals surface area contributed by atoms with Crippen LogP contribution in [-0.4, -0.2) is 129 Å². The molecule has 0 saturated carbocycles. The van der Waals surface area contributed by atoms with Gasteiger partial charge in [-0.2, -0.15) is 20.3 Å². The third-order valence-electron chi connectivity index (χ3n) is 4.67. The summed E-state index contributed by atoms with van der Waals surface area (Å²) in [6.07, 6.45) is -16.4. The number of aliphatic hydroxyl groups is 8. The minimum Gasteiger partial charge on any atom is -0.857 e. The molecule has 2 aliphatic heterocycles. The van der Waals surface area contributed by atoms with Gasteiger partial charge >= 0.3 is 41.6 Å². The molecule has 0 radical (unpaired) electrons. The molecule has 2 rings (SSSR count). The Morgan fingerprint density at radius 1 is 0.853 bits per heavy atom. The first-order chi connectivity index (χ1) is 14.8. The maximum absolute atomic E-state index is 12.0. The van der Waals surface area contributed by atoms with Crippen LogP contribution in [0, 0.1) is 5.92 Å². The van der Waals surface area contributed by atoms with Crippen molar-refractivity contribution in [2.24, 2.45) is 5.92 Å². The quantitative estimate of drug-likeness (QED) is 0.157. The summed E-state index contributed by atoms with van der Waals surface area (Å²) in [5, 5.41) is 82.8. The van der Waals surface area contributed by atoms with Gasteiger partial charge in [-0.1, -0.05) is 14.4 Å². The molecule has 2 heterocycles. The van der Waals surface area contributed by atoms with Crippen molar-refractivity contribution in [1.82, 2.24) is 5.32 Å². The van der Waals surface area contributed by atoms with Gasteiger partial charge in [-0.05, 0) is 0 Å². The monoisotopic (exact) mass is 523 g/mol. The van der Waals surface area contributed by atoms with Gasteiger partial charge in [0.2, 0.25) is 0 Å². The van der Waals surface area contributed by atoms with Gasteiger partial charge < -0.3 is 60.7 Å². The Hall–Kier alpha value is -0.180. The van der Waals surface area contributed by atoms with Crippen molar-refractivity contribution in [2.45, 2.75) is 75.8 Å². The van der Waals surface area contributed by atoms with Crippen LogP contribution in [0.5, 0.6) is 0 Å². The average molecular weight is 523 g/mol. The molecule has 0 aliphatic carbocycles. The molecule has 1 amide bonds. The third kappa shape index (κ3) is 10.4. The van der Waals surface area contributed by atoms with Crippen molar-refractivity contribution in [1.29, 1.82) is 0 Å². The summed E-state index contributed by atoms with van der Waals surface area (Å²) in [5.74, 6) is -2.92. The van der Waals surface area contributed by atoms with E-state index in [9.17, 15) is 43.5 Å². The SMILES string of the molecule is C.CC1C(O)OC(CO)C(O)C1O.C[O-].O=C(NC1C(O)OC(CO)C(O)C1O)C(F)(F)F.[Na+]. The molecule has 17 heteroatoms. The average Bonchev–Trinajstić information content (AvgIpc) is 2.75. The van der Waals surface area contributed by atoms with E-state index >= 15 is 0 Å². The number of nitrogens with one attached hydrogen (secondary N) is 1. The van der Waals surface area contributed by atoms with Crippen molar-refractivity contribution in [3.63, 3.8) is 0 Å². The number of carbonyl (C=O) groups excluding carboxylic acids is 1. The zero-order chi connectivity index (χ0) is 25.4. The maximum atomic E-state index is 12.0. The standard InChI is InChI=1S/C8H12F3NO6.C7H14O5.CH3O.CH4.Na/c9-8(10,11)7(17)12-3-5(15)4(14)2(1-13)18-6(3)16;1-3-5(9)6(10)4(2-8)12-7(3)11;1-2;;/h2-6,13-16H,1H2,(H,12,17);3-11H,2H2,1H3;1H3;1H4;/q;;-1;;+1. The number of alkyl halides is 3. The Morgan fingerprint density at radius 3 is 1.62 bits per heavy atom. The van der Waals surface area contributed by atoms with Gasteiger partial charge in [-0.25, -0.2) is 0 Å². The minimum absolute atomic E-state index is 0. The van der Waals surface area contributed by atoms with Crippen molar-refractivity contribution in [2.75, 3.05) is 20.3 Å². The molecular weight excluding hydrogens is 490 g/mol. The van der Waals surface area contributed by atoms with Gasteiger partial charge in [-0.15, -0.1) is 0 Å². The number of aliphatic hydroxyl groups excluding tert-OH is 8. The van der Waals surface area contributed by atoms with E-state index in [4.69, 9.17) is 25.2 Å². The van der Waals surface area contributed by atoms with Crippen LogP contribution in [0.1, 0.15) is 14.4 Å². The van der Waals surface area contributed by atoms with Crippen LogP contribution in [0.15, 0.2) is 0 Å². The summed E-state index contributed by atoms with van der Waals surface area (Å²) < 4.78 is 45.3. The largest absolute Gasteiger partial charge is 1.00 e. The van der Waals surface area contributed by atoms with E-state index in [0.717, 1.165) is 7.11 Å². The van der Waals surface area contributed by atoms with E-state index in [1.807, 2.05) is 0 Å². The fraction of sp³-hybridized carbons (Fsp3) is 0.941. The molecule has 2 aliphatic rings. The predicted octanol–water partition coefficient (Wildman–Crippen LogP) is -7.86. The second-order valence-electron chi connectivity index (χ2n) is 6.81. The topological polar surface area (TPSA) is 232 Å². The Morgan fingerprint density at radius 2 is 1.24 bits per heavy atom. The second-order valence-corrected chi connectivity index (χ2v) is 6.81. The minimum atomic E-state index is -5.20. The molecule has 0 aromatic heterocycles. The van der Waals surface area contributed by atoms with Gasteiger partial charge in [-0.3, -0.25) is 4.79 Å². The normalized spacial score (nSPS) is 37.4. The molecule has 2 saturated heterocycles. The molecule has 0 aromatic rings. The number of amides is 1. The Labute approximate surface area is 216 Å². The number of halogens is 3. The van der Waals surface area contributed by atoms with Crippen molar-refractivity contribution >= 4 is 5.91 Å². The molecule has 10 unspecified atom stereocenters. The summed E-state index contributed by atoms with van der Waals surface area (Å²) in [6.45, 7) is 0.392. The molecule has 0 bridgehead atoms. The summed E-state index contributed by atoms with van der Waals surface area (Å²) in [5.41, 5.74) is 0. The Bertz CT molecular complexity index is 560. The second kappa shape index (κ2) is 17.3. The van der Waals surface area contributed by atoms with Gasteiger partial charge in [0.25, 0.3) is 0 Å². The molecule has 13 nitrogen and oxygen atoms in total. The molecule has 0 spiro atoms. The molecule has 200 valence electrons. The Balaban J connectivity index is -0.000000528. The van der Waals surface area contributed by atoms with E-state index < -0.39 is 86.5 Å². The van der Waals surface area contributed by atoms with E-state index in [1.54, 1.807) is 6.92 Å². The molecule has 0 aromatic carbocycles. The molecule has 34 heavy (non-hydrogen) atoms. The van der Waals surface area contributed by atoms with Crippen LogP contribution >= 0.6 is 0 Å². The van der Waals surface area contributed by atoms with Crippen LogP contribution in [0.25, 0.3) is 0 Å². The van der Waals surface area contributed by atoms with E-state index in [2.05, 4.69) is 4.74 Å². The smallest absolute Gasteiger partial charge is 0.857 e. The van der Waals surface area contributed by atoms with Crippen molar-refractivity contribution < 1.29 is 103 Å². The van der Waals surface area contributed by atoms with Crippen LogP contribution in [0.2, 0.25) is 0 Å². The third-order valence-corrected chi connectivity index (χ3v) is 4.67.